The predicted molar refractivity (Wildman–Crippen MR) is 97.6 cm³/mol. The maximum absolute atomic E-state index is 12.5. The molecule has 0 aliphatic carbocycles. The number of amides is 1. The Labute approximate surface area is 146 Å². The van der Waals surface area contributed by atoms with Crippen molar-refractivity contribution < 1.29 is 14.3 Å². The van der Waals surface area contributed by atoms with Crippen LogP contribution in [0.25, 0.3) is 0 Å². The molecule has 0 saturated heterocycles. The van der Waals surface area contributed by atoms with Gasteiger partial charge in [-0.15, -0.1) is 0 Å². The van der Waals surface area contributed by atoms with Crippen LogP contribution in [0, 0.1) is 11.8 Å². The number of ether oxygens (including phenoxy) is 2. The minimum atomic E-state index is -0.319. The van der Waals surface area contributed by atoms with E-state index in [0.29, 0.717) is 25.6 Å². The minimum absolute atomic E-state index is 0.00367. The van der Waals surface area contributed by atoms with E-state index in [0.717, 1.165) is 12.0 Å². The van der Waals surface area contributed by atoms with Crippen molar-refractivity contribution in [3.63, 3.8) is 0 Å². The first kappa shape index (κ1) is 20.7. The van der Waals surface area contributed by atoms with Crippen LogP contribution >= 0.6 is 0 Å². The van der Waals surface area contributed by atoms with Gasteiger partial charge in [-0.25, -0.2) is 0 Å². The van der Waals surface area contributed by atoms with E-state index >= 15 is 0 Å². The van der Waals surface area contributed by atoms with Crippen molar-refractivity contribution in [1.82, 2.24) is 5.32 Å². The zero-order valence-corrected chi connectivity index (χ0v) is 15.7. The first-order valence-electron chi connectivity index (χ1n) is 9.05. The zero-order chi connectivity index (χ0) is 17.9. The zero-order valence-electron chi connectivity index (χ0n) is 15.7. The van der Waals surface area contributed by atoms with Gasteiger partial charge >= 0.3 is 0 Å². The van der Waals surface area contributed by atoms with Crippen molar-refractivity contribution in [3.8, 4) is 0 Å². The van der Waals surface area contributed by atoms with Crippen molar-refractivity contribution >= 4 is 5.91 Å². The van der Waals surface area contributed by atoms with Crippen molar-refractivity contribution in [1.29, 1.82) is 0 Å². The van der Waals surface area contributed by atoms with Crippen LogP contribution in [-0.2, 0) is 14.3 Å². The number of hydrogen-bond donors (Lipinski definition) is 1. The molecule has 0 heterocycles. The van der Waals surface area contributed by atoms with Crippen LogP contribution in [0.15, 0.2) is 30.3 Å². The smallest absolute Gasteiger partial charge is 0.220 e. The lowest BCUT2D eigenvalue weighted by molar-refractivity contribution is -0.173. The SMILES string of the molecule is CCOC(OCC)C(CC(=O)N[C@H](C)c1ccccc1)CC(C)C. The van der Waals surface area contributed by atoms with Gasteiger partial charge in [-0.05, 0) is 38.7 Å². The molecule has 1 amide bonds. The second-order valence-electron chi connectivity index (χ2n) is 6.57. The summed E-state index contributed by atoms with van der Waals surface area (Å²) in [6, 6.07) is 10.0. The molecule has 0 fully saturated rings. The molecule has 0 radical (unpaired) electrons. The molecular formula is C20H33NO3. The Balaban J connectivity index is 2.68. The van der Waals surface area contributed by atoms with Gasteiger partial charge in [0.25, 0.3) is 0 Å². The van der Waals surface area contributed by atoms with Crippen molar-refractivity contribution in [3.05, 3.63) is 35.9 Å². The summed E-state index contributed by atoms with van der Waals surface area (Å²) in [5.41, 5.74) is 1.11. The summed E-state index contributed by atoms with van der Waals surface area (Å²) in [5.74, 6) is 0.590. The van der Waals surface area contributed by atoms with Gasteiger partial charge in [0.05, 0.1) is 6.04 Å². The molecule has 1 aromatic rings. The Bertz CT molecular complexity index is 455. The van der Waals surface area contributed by atoms with Crippen LogP contribution in [0.5, 0.6) is 0 Å². The maximum Gasteiger partial charge on any atom is 0.220 e. The molecule has 1 unspecified atom stereocenters. The number of carbonyl (C=O) groups is 1. The highest BCUT2D eigenvalue weighted by molar-refractivity contribution is 5.76. The van der Waals surface area contributed by atoms with Crippen molar-refractivity contribution in [2.75, 3.05) is 13.2 Å². The van der Waals surface area contributed by atoms with Crippen LogP contribution in [0.4, 0.5) is 0 Å². The lowest BCUT2D eigenvalue weighted by Crippen LogP contribution is -2.35. The van der Waals surface area contributed by atoms with Gasteiger partial charge in [0.1, 0.15) is 0 Å². The van der Waals surface area contributed by atoms with E-state index in [2.05, 4.69) is 19.2 Å². The quantitative estimate of drug-likeness (QED) is 0.613. The van der Waals surface area contributed by atoms with Gasteiger partial charge in [0.15, 0.2) is 6.29 Å². The third kappa shape index (κ3) is 7.45. The number of carbonyl (C=O) groups excluding carboxylic acids is 1. The molecule has 0 aliphatic heterocycles. The second kappa shape index (κ2) is 11.2. The van der Waals surface area contributed by atoms with Crippen LogP contribution in [0.1, 0.15) is 59.1 Å². The topological polar surface area (TPSA) is 47.6 Å². The minimum Gasteiger partial charge on any atom is -0.353 e. The van der Waals surface area contributed by atoms with Crippen LogP contribution in [0.3, 0.4) is 0 Å². The lowest BCUT2D eigenvalue weighted by Gasteiger charge is -2.28. The molecule has 0 saturated carbocycles. The van der Waals surface area contributed by atoms with Gasteiger partial charge in [0.2, 0.25) is 5.91 Å². The van der Waals surface area contributed by atoms with Gasteiger partial charge < -0.3 is 14.8 Å². The number of hydrogen-bond acceptors (Lipinski definition) is 3. The van der Waals surface area contributed by atoms with Crippen LogP contribution in [-0.4, -0.2) is 25.4 Å². The summed E-state index contributed by atoms with van der Waals surface area (Å²) in [6.07, 6.45) is 0.998. The molecule has 24 heavy (non-hydrogen) atoms. The first-order valence-corrected chi connectivity index (χ1v) is 9.05. The monoisotopic (exact) mass is 335 g/mol. The summed E-state index contributed by atoms with van der Waals surface area (Å²) < 4.78 is 11.5. The summed E-state index contributed by atoms with van der Waals surface area (Å²) in [7, 11) is 0. The second-order valence-corrected chi connectivity index (χ2v) is 6.57. The molecule has 4 heteroatoms. The van der Waals surface area contributed by atoms with Crippen molar-refractivity contribution in [2.45, 2.75) is 59.8 Å². The lowest BCUT2D eigenvalue weighted by atomic mass is 9.92. The third-order valence-corrected chi connectivity index (χ3v) is 3.95. The Hall–Kier alpha value is -1.39. The molecule has 0 spiro atoms. The average Bonchev–Trinajstić information content (AvgIpc) is 2.54. The Morgan fingerprint density at radius 2 is 1.62 bits per heavy atom. The van der Waals surface area contributed by atoms with Crippen LogP contribution in [0.2, 0.25) is 0 Å². The maximum atomic E-state index is 12.5. The fourth-order valence-electron chi connectivity index (χ4n) is 2.91. The molecule has 1 rings (SSSR count). The van der Waals surface area contributed by atoms with Crippen molar-refractivity contribution in [2.24, 2.45) is 11.8 Å². The normalized spacial score (nSPS) is 14.0. The molecule has 0 bridgehead atoms. The highest BCUT2D eigenvalue weighted by atomic mass is 16.7. The number of benzene rings is 1. The Kier molecular flexibility index (Phi) is 9.65. The van der Waals surface area contributed by atoms with Gasteiger partial charge in [0, 0.05) is 25.6 Å². The fraction of sp³-hybridized carbons (Fsp3) is 0.650. The van der Waals surface area contributed by atoms with Crippen LogP contribution < -0.4 is 5.32 Å². The van der Waals surface area contributed by atoms with Gasteiger partial charge in [-0.1, -0.05) is 44.2 Å². The summed E-state index contributed by atoms with van der Waals surface area (Å²) in [6.45, 7) is 11.4. The number of nitrogens with one attached hydrogen (secondary N) is 1. The van der Waals surface area contributed by atoms with Gasteiger partial charge in [-0.2, -0.15) is 0 Å². The molecule has 136 valence electrons. The van der Waals surface area contributed by atoms with E-state index in [-0.39, 0.29) is 24.2 Å². The summed E-state index contributed by atoms with van der Waals surface area (Å²) >= 11 is 0. The highest BCUT2D eigenvalue weighted by Crippen LogP contribution is 2.23. The fourth-order valence-corrected chi connectivity index (χ4v) is 2.91. The predicted octanol–water partition coefficient (Wildman–Crippen LogP) is 4.32. The Morgan fingerprint density at radius 3 is 2.12 bits per heavy atom. The average molecular weight is 335 g/mol. The first-order chi connectivity index (χ1) is 11.5. The van der Waals surface area contributed by atoms with E-state index in [1.807, 2.05) is 51.1 Å². The molecule has 0 aromatic heterocycles. The molecule has 4 nitrogen and oxygen atoms in total. The van der Waals surface area contributed by atoms with Gasteiger partial charge in [-0.3, -0.25) is 4.79 Å². The standard InChI is InChI=1S/C20H33NO3/c1-6-23-20(24-7-2)18(13-15(3)4)14-19(22)21-16(5)17-11-9-8-10-12-17/h8-12,15-16,18,20H,6-7,13-14H2,1-5H3,(H,21,22)/t16-,18?/m1/s1. The summed E-state index contributed by atoms with van der Waals surface area (Å²) in [4.78, 5) is 12.5. The summed E-state index contributed by atoms with van der Waals surface area (Å²) in [5, 5.41) is 3.09. The molecule has 0 aliphatic rings. The number of rotatable bonds is 11. The van der Waals surface area contributed by atoms with E-state index < -0.39 is 0 Å². The Morgan fingerprint density at radius 1 is 1.04 bits per heavy atom. The molecule has 1 aromatic carbocycles. The van der Waals surface area contributed by atoms with E-state index in [1.54, 1.807) is 0 Å². The largest absolute Gasteiger partial charge is 0.353 e. The molecule has 1 N–H and O–H groups in total. The van der Waals surface area contributed by atoms with E-state index in [9.17, 15) is 4.79 Å². The third-order valence-electron chi connectivity index (χ3n) is 3.95. The van der Waals surface area contributed by atoms with E-state index in [4.69, 9.17) is 9.47 Å². The molecule has 2 atom stereocenters. The van der Waals surface area contributed by atoms with E-state index in [1.165, 1.54) is 0 Å². The molecular weight excluding hydrogens is 302 g/mol. The highest BCUT2D eigenvalue weighted by Gasteiger charge is 2.26.